The number of hydrogen-bond acceptors (Lipinski definition) is 6. The van der Waals surface area contributed by atoms with Gasteiger partial charge in [-0.05, 0) is 68.3 Å². The Morgan fingerprint density at radius 2 is 1.47 bits per heavy atom. The lowest BCUT2D eigenvalue weighted by Gasteiger charge is -2.21. The number of amides is 2. The van der Waals surface area contributed by atoms with Crippen LogP contribution in [0.3, 0.4) is 0 Å². The number of carbonyl (C=O) groups excluding carboxylic acids is 3. The van der Waals surface area contributed by atoms with Crippen molar-refractivity contribution in [1.29, 1.82) is 10.5 Å². The van der Waals surface area contributed by atoms with E-state index in [0.717, 1.165) is 11.1 Å². The molecule has 0 spiro atoms. The zero-order valence-electron chi connectivity index (χ0n) is 20.1. The number of anilines is 2. The molecule has 2 N–H and O–H groups in total. The number of nitrogens with zero attached hydrogens (tertiary/aromatic N) is 2. The first kappa shape index (κ1) is 25.7. The minimum Gasteiger partial charge on any atom is -0.444 e. The molecule has 0 bridgehead atoms. The summed E-state index contributed by atoms with van der Waals surface area (Å²) in [6, 6.07) is 22.1. The molecule has 0 heterocycles. The first-order valence-corrected chi connectivity index (χ1v) is 11.1. The molecular weight excluding hydrogens is 456 g/mol. The Balaban J connectivity index is 1.87. The molecule has 3 aromatic carbocycles. The lowest BCUT2D eigenvalue weighted by atomic mass is 10.0. The molecule has 3 rings (SSSR count). The van der Waals surface area contributed by atoms with E-state index in [4.69, 9.17) is 15.3 Å². The number of Topliss-reactive ketones (excluding diaryl/α,β-unsaturated/α-hetero) is 1. The minimum atomic E-state index is -0.722. The van der Waals surface area contributed by atoms with Crippen LogP contribution in [0.4, 0.5) is 16.2 Å². The summed E-state index contributed by atoms with van der Waals surface area (Å²) in [5, 5.41) is 23.4. The molecule has 0 aliphatic carbocycles. The highest BCUT2D eigenvalue weighted by molar-refractivity contribution is 6.12. The van der Waals surface area contributed by atoms with Crippen LogP contribution in [0.1, 0.15) is 48.7 Å². The molecule has 0 fully saturated rings. The van der Waals surface area contributed by atoms with Crippen LogP contribution in [0.15, 0.2) is 66.7 Å². The van der Waals surface area contributed by atoms with Gasteiger partial charge in [-0.15, -0.1) is 0 Å². The van der Waals surface area contributed by atoms with E-state index in [1.807, 2.05) is 6.07 Å². The average molecular weight is 481 g/mol. The second kappa shape index (κ2) is 11.0. The molecule has 0 radical (unpaired) electrons. The van der Waals surface area contributed by atoms with E-state index in [1.54, 1.807) is 75.4 Å². The van der Waals surface area contributed by atoms with Crippen molar-refractivity contribution in [3.63, 3.8) is 0 Å². The molecule has 8 nitrogen and oxygen atoms in total. The van der Waals surface area contributed by atoms with Crippen molar-refractivity contribution < 1.29 is 19.1 Å². The zero-order valence-corrected chi connectivity index (χ0v) is 20.1. The fourth-order valence-corrected chi connectivity index (χ4v) is 3.29. The van der Waals surface area contributed by atoms with Gasteiger partial charge in [0.2, 0.25) is 5.91 Å². The predicted octanol–water partition coefficient (Wildman–Crippen LogP) is 5.66. The fraction of sp³-hybridized carbons (Fsp3) is 0.179. The molecule has 0 atom stereocenters. The third-order valence-corrected chi connectivity index (χ3v) is 4.91. The topological polar surface area (TPSA) is 132 Å². The van der Waals surface area contributed by atoms with Gasteiger partial charge in [0, 0.05) is 5.56 Å². The van der Waals surface area contributed by atoms with Crippen molar-refractivity contribution in [2.75, 3.05) is 10.6 Å². The molecule has 3 aromatic rings. The SMILES string of the molecule is CC(C)(C)OC(=O)Nc1ccc(-c2ccc(C#N)cc2)cc1NC(=O)CC(=O)c1cccc(C#N)c1. The number of nitrogens with one attached hydrogen (secondary N) is 2. The Kier molecular flexibility index (Phi) is 7.83. The van der Waals surface area contributed by atoms with Crippen molar-refractivity contribution in [3.05, 3.63) is 83.4 Å². The van der Waals surface area contributed by atoms with E-state index < -0.39 is 29.8 Å². The highest BCUT2D eigenvalue weighted by atomic mass is 16.6. The van der Waals surface area contributed by atoms with E-state index in [9.17, 15) is 14.4 Å². The number of carbonyl (C=O) groups is 3. The largest absolute Gasteiger partial charge is 0.444 e. The van der Waals surface area contributed by atoms with Crippen LogP contribution >= 0.6 is 0 Å². The molecular formula is C28H24N4O4. The Morgan fingerprint density at radius 3 is 2.11 bits per heavy atom. The van der Waals surface area contributed by atoms with Gasteiger partial charge in [0.15, 0.2) is 5.78 Å². The van der Waals surface area contributed by atoms with Gasteiger partial charge in [0.1, 0.15) is 5.60 Å². The summed E-state index contributed by atoms with van der Waals surface area (Å²) in [5.74, 6) is -1.04. The predicted molar refractivity (Wildman–Crippen MR) is 135 cm³/mol. The Hall–Kier alpha value is -4.95. The number of ketones is 1. The first-order valence-electron chi connectivity index (χ1n) is 11.1. The smallest absolute Gasteiger partial charge is 0.412 e. The number of ether oxygens (including phenoxy) is 1. The van der Waals surface area contributed by atoms with Crippen molar-refractivity contribution in [1.82, 2.24) is 0 Å². The maximum absolute atomic E-state index is 12.8. The molecule has 2 amide bonds. The van der Waals surface area contributed by atoms with E-state index in [0.29, 0.717) is 11.1 Å². The normalized spacial score (nSPS) is 10.5. The Morgan fingerprint density at radius 1 is 0.806 bits per heavy atom. The highest BCUT2D eigenvalue weighted by Gasteiger charge is 2.19. The van der Waals surface area contributed by atoms with E-state index in [1.165, 1.54) is 12.1 Å². The first-order chi connectivity index (χ1) is 17.1. The van der Waals surface area contributed by atoms with Gasteiger partial charge in [-0.25, -0.2) is 4.79 Å². The Bertz CT molecular complexity index is 1390. The van der Waals surface area contributed by atoms with E-state index in [2.05, 4.69) is 16.7 Å². The maximum Gasteiger partial charge on any atom is 0.412 e. The van der Waals surface area contributed by atoms with Crippen molar-refractivity contribution in [3.8, 4) is 23.3 Å². The summed E-state index contributed by atoms with van der Waals surface area (Å²) >= 11 is 0. The molecule has 36 heavy (non-hydrogen) atoms. The van der Waals surface area contributed by atoms with Gasteiger partial charge in [-0.2, -0.15) is 10.5 Å². The van der Waals surface area contributed by atoms with Crippen molar-refractivity contribution in [2.45, 2.75) is 32.8 Å². The molecule has 0 unspecified atom stereocenters. The summed E-state index contributed by atoms with van der Waals surface area (Å²) < 4.78 is 5.31. The minimum absolute atomic E-state index is 0.252. The van der Waals surface area contributed by atoms with Gasteiger partial charge in [-0.3, -0.25) is 14.9 Å². The standard InChI is InChI=1S/C28H24N4O4/c1-28(2,3)36-27(35)32-23-12-11-21(20-9-7-18(16-29)8-10-20)14-24(23)31-26(34)15-25(33)22-6-4-5-19(13-22)17-30/h4-14H,15H2,1-3H3,(H,31,34)(H,32,35). The fourth-order valence-electron chi connectivity index (χ4n) is 3.29. The number of nitriles is 2. The highest BCUT2D eigenvalue weighted by Crippen LogP contribution is 2.30. The van der Waals surface area contributed by atoms with Crippen LogP contribution in [0.5, 0.6) is 0 Å². The van der Waals surface area contributed by atoms with Crippen LogP contribution in [0, 0.1) is 22.7 Å². The second-order valence-electron chi connectivity index (χ2n) is 8.92. The Labute approximate surface area is 209 Å². The third kappa shape index (κ3) is 7.02. The van der Waals surface area contributed by atoms with Crippen LogP contribution in [0.2, 0.25) is 0 Å². The average Bonchev–Trinajstić information content (AvgIpc) is 2.84. The van der Waals surface area contributed by atoms with E-state index >= 15 is 0 Å². The van der Waals surface area contributed by atoms with E-state index in [-0.39, 0.29) is 16.9 Å². The van der Waals surface area contributed by atoms with Gasteiger partial charge in [0.05, 0.1) is 41.1 Å². The number of benzene rings is 3. The molecule has 0 aliphatic heterocycles. The zero-order chi connectivity index (χ0) is 26.3. The van der Waals surface area contributed by atoms with Crippen molar-refractivity contribution >= 4 is 29.2 Å². The molecule has 8 heteroatoms. The molecule has 0 saturated carbocycles. The monoisotopic (exact) mass is 480 g/mol. The second-order valence-corrected chi connectivity index (χ2v) is 8.92. The quantitative estimate of drug-likeness (QED) is 0.346. The molecule has 0 saturated heterocycles. The van der Waals surface area contributed by atoms with Crippen molar-refractivity contribution in [2.24, 2.45) is 0 Å². The summed E-state index contributed by atoms with van der Waals surface area (Å²) in [7, 11) is 0. The van der Waals surface area contributed by atoms with Gasteiger partial charge < -0.3 is 10.1 Å². The number of hydrogen-bond donors (Lipinski definition) is 2. The lowest BCUT2D eigenvalue weighted by Crippen LogP contribution is -2.27. The van der Waals surface area contributed by atoms with Gasteiger partial charge in [-0.1, -0.05) is 30.3 Å². The van der Waals surface area contributed by atoms with Gasteiger partial charge in [0.25, 0.3) is 0 Å². The van der Waals surface area contributed by atoms with Crippen LogP contribution in [-0.4, -0.2) is 23.4 Å². The van der Waals surface area contributed by atoms with Crippen LogP contribution < -0.4 is 10.6 Å². The number of rotatable bonds is 6. The summed E-state index contributed by atoms with van der Waals surface area (Å²) in [4.78, 5) is 37.7. The summed E-state index contributed by atoms with van der Waals surface area (Å²) in [6.07, 6.45) is -1.16. The van der Waals surface area contributed by atoms with Crippen LogP contribution in [-0.2, 0) is 9.53 Å². The summed E-state index contributed by atoms with van der Waals surface area (Å²) in [6.45, 7) is 5.20. The molecule has 0 aliphatic rings. The molecule has 180 valence electrons. The van der Waals surface area contributed by atoms with Gasteiger partial charge >= 0.3 is 6.09 Å². The van der Waals surface area contributed by atoms with Crippen LogP contribution in [0.25, 0.3) is 11.1 Å². The summed E-state index contributed by atoms with van der Waals surface area (Å²) in [5.41, 5.74) is 2.42. The third-order valence-electron chi connectivity index (χ3n) is 4.91. The maximum atomic E-state index is 12.8. The molecule has 0 aromatic heterocycles. The lowest BCUT2D eigenvalue weighted by molar-refractivity contribution is -0.115.